The smallest absolute Gasteiger partial charge is 0.261 e. The van der Waals surface area contributed by atoms with Crippen molar-refractivity contribution in [2.24, 2.45) is 0 Å². The van der Waals surface area contributed by atoms with Crippen LogP contribution in [-0.2, 0) is 16.4 Å². The van der Waals surface area contributed by atoms with Crippen molar-refractivity contribution in [2.75, 3.05) is 11.3 Å². The molecule has 0 aromatic heterocycles. The highest BCUT2D eigenvalue weighted by Crippen LogP contribution is 2.22. The summed E-state index contributed by atoms with van der Waals surface area (Å²) < 4.78 is 41.4. The summed E-state index contributed by atoms with van der Waals surface area (Å²) in [6, 6.07) is 19.3. The number of rotatable bonds is 7. The Bertz CT molecular complexity index is 1100. The molecule has 0 saturated heterocycles. The second-order valence-corrected chi connectivity index (χ2v) is 8.28. The van der Waals surface area contributed by atoms with E-state index in [1.807, 2.05) is 37.3 Å². The SMILES string of the molecule is Cc1ccc(S(=O)(=O)Nc2ccc(F)cc2C(=O)NCCc2ccccc2)cc1. The number of hydrogen-bond donors (Lipinski definition) is 2. The zero-order valence-corrected chi connectivity index (χ0v) is 16.7. The maximum absolute atomic E-state index is 13.7. The molecule has 3 aromatic rings. The van der Waals surface area contributed by atoms with Gasteiger partial charge in [-0.2, -0.15) is 0 Å². The molecule has 0 fully saturated rings. The summed E-state index contributed by atoms with van der Waals surface area (Å²) in [4.78, 5) is 12.6. The summed E-state index contributed by atoms with van der Waals surface area (Å²) in [5.41, 5.74) is 1.91. The van der Waals surface area contributed by atoms with Crippen LogP contribution in [0.25, 0.3) is 0 Å². The van der Waals surface area contributed by atoms with Gasteiger partial charge in [0, 0.05) is 6.54 Å². The molecule has 0 spiro atoms. The first-order valence-corrected chi connectivity index (χ1v) is 10.5. The van der Waals surface area contributed by atoms with Gasteiger partial charge < -0.3 is 5.32 Å². The van der Waals surface area contributed by atoms with Gasteiger partial charge in [-0.05, 0) is 49.2 Å². The van der Waals surface area contributed by atoms with Crippen molar-refractivity contribution in [3.63, 3.8) is 0 Å². The highest BCUT2D eigenvalue weighted by Gasteiger charge is 2.19. The molecule has 29 heavy (non-hydrogen) atoms. The average molecular weight is 412 g/mol. The number of benzene rings is 3. The molecule has 0 aliphatic rings. The van der Waals surface area contributed by atoms with E-state index in [2.05, 4.69) is 10.0 Å². The van der Waals surface area contributed by atoms with Gasteiger partial charge in [-0.3, -0.25) is 9.52 Å². The van der Waals surface area contributed by atoms with Crippen molar-refractivity contribution in [1.82, 2.24) is 5.32 Å². The van der Waals surface area contributed by atoms with Crippen LogP contribution in [0.2, 0.25) is 0 Å². The van der Waals surface area contributed by atoms with Gasteiger partial charge in [0.25, 0.3) is 15.9 Å². The molecule has 2 N–H and O–H groups in total. The summed E-state index contributed by atoms with van der Waals surface area (Å²) >= 11 is 0. The Morgan fingerprint density at radius 2 is 1.66 bits per heavy atom. The van der Waals surface area contributed by atoms with E-state index < -0.39 is 21.7 Å². The Hall–Kier alpha value is -3.19. The lowest BCUT2D eigenvalue weighted by atomic mass is 10.1. The van der Waals surface area contributed by atoms with Crippen LogP contribution in [0.4, 0.5) is 10.1 Å². The molecule has 0 saturated carbocycles. The Morgan fingerprint density at radius 1 is 0.966 bits per heavy atom. The van der Waals surface area contributed by atoms with Crippen LogP contribution in [-0.4, -0.2) is 20.9 Å². The number of halogens is 1. The summed E-state index contributed by atoms with van der Waals surface area (Å²) in [5, 5.41) is 2.71. The van der Waals surface area contributed by atoms with Gasteiger partial charge in [-0.1, -0.05) is 48.0 Å². The lowest BCUT2D eigenvalue weighted by Gasteiger charge is -2.13. The first-order chi connectivity index (χ1) is 13.8. The highest BCUT2D eigenvalue weighted by atomic mass is 32.2. The zero-order valence-electron chi connectivity index (χ0n) is 15.9. The van der Waals surface area contributed by atoms with Crippen LogP contribution in [0, 0.1) is 12.7 Å². The average Bonchev–Trinajstić information content (AvgIpc) is 2.70. The maximum Gasteiger partial charge on any atom is 0.261 e. The molecule has 3 aromatic carbocycles. The lowest BCUT2D eigenvalue weighted by molar-refractivity contribution is 0.0954. The predicted molar refractivity (Wildman–Crippen MR) is 111 cm³/mol. The number of sulfonamides is 1. The zero-order chi connectivity index (χ0) is 20.9. The standard InChI is InChI=1S/C22H21FN2O3S/c1-16-7-10-19(11-8-16)29(27,28)25-21-12-9-18(23)15-20(21)22(26)24-14-13-17-5-3-2-4-6-17/h2-12,15,25H,13-14H2,1H3,(H,24,26). The second kappa shape index (κ2) is 8.87. The monoisotopic (exact) mass is 412 g/mol. The number of carbonyl (C=O) groups is 1. The lowest BCUT2D eigenvalue weighted by Crippen LogP contribution is -2.27. The van der Waals surface area contributed by atoms with E-state index in [9.17, 15) is 17.6 Å². The molecule has 0 unspecified atom stereocenters. The fourth-order valence-corrected chi connectivity index (χ4v) is 3.85. The minimum Gasteiger partial charge on any atom is -0.352 e. The third-order valence-corrected chi connectivity index (χ3v) is 5.73. The summed E-state index contributed by atoms with van der Waals surface area (Å²) in [7, 11) is -3.91. The van der Waals surface area contributed by atoms with Gasteiger partial charge in [0.2, 0.25) is 0 Å². The van der Waals surface area contributed by atoms with Crippen LogP contribution in [0.1, 0.15) is 21.5 Å². The fraction of sp³-hybridized carbons (Fsp3) is 0.136. The fourth-order valence-electron chi connectivity index (χ4n) is 2.77. The molecule has 5 nitrogen and oxygen atoms in total. The minimum absolute atomic E-state index is 0.0178. The molecule has 0 radical (unpaired) electrons. The number of carbonyl (C=O) groups excluding carboxylic acids is 1. The Kier molecular flexibility index (Phi) is 6.29. The Balaban J connectivity index is 1.76. The molecule has 1 amide bonds. The van der Waals surface area contributed by atoms with E-state index in [1.165, 1.54) is 18.2 Å². The van der Waals surface area contributed by atoms with Gasteiger partial charge in [0.05, 0.1) is 16.1 Å². The molecule has 0 heterocycles. The molecule has 7 heteroatoms. The predicted octanol–water partition coefficient (Wildman–Crippen LogP) is 3.91. The van der Waals surface area contributed by atoms with E-state index in [4.69, 9.17) is 0 Å². The number of nitrogens with one attached hydrogen (secondary N) is 2. The van der Waals surface area contributed by atoms with Crippen molar-refractivity contribution in [2.45, 2.75) is 18.2 Å². The van der Waals surface area contributed by atoms with Crippen LogP contribution in [0.15, 0.2) is 77.7 Å². The molecule has 0 aliphatic carbocycles. The molecular formula is C22H21FN2O3S. The molecule has 0 aliphatic heterocycles. The first-order valence-electron chi connectivity index (χ1n) is 9.06. The topological polar surface area (TPSA) is 75.3 Å². The largest absolute Gasteiger partial charge is 0.352 e. The molecular weight excluding hydrogens is 391 g/mol. The van der Waals surface area contributed by atoms with Gasteiger partial charge in [0.15, 0.2) is 0 Å². The van der Waals surface area contributed by atoms with E-state index in [1.54, 1.807) is 12.1 Å². The van der Waals surface area contributed by atoms with Crippen molar-refractivity contribution < 1.29 is 17.6 Å². The number of amides is 1. The Morgan fingerprint density at radius 3 is 2.34 bits per heavy atom. The molecule has 0 atom stereocenters. The summed E-state index contributed by atoms with van der Waals surface area (Å²) in [5.74, 6) is -1.18. The van der Waals surface area contributed by atoms with Gasteiger partial charge in [-0.25, -0.2) is 12.8 Å². The van der Waals surface area contributed by atoms with Crippen molar-refractivity contribution in [3.05, 3.63) is 95.3 Å². The maximum atomic E-state index is 13.7. The van der Waals surface area contributed by atoms with Gasteiger partial charge >= 0.3 is 0 Å². The molecule has 0 bridgehead atoms. The second-order valence-electron chi connectivity index (χ2n) is 6.60. The van der Waals surface area contributed by atoms with Crippen molar-refractivity contribution in [3.8, 4) is 0 Å². The molecule has 3 rings (SSSR count). The van der Waals surface area contributed by atoms with E-state index in [-0.39, 0.29) is 16.1 Å². The number of hydrogen-bond acceptors (Lipinski definition) is 3. The molecule has 150 valence electrons. The van der Waals surface area contributed by atoms with Crippen LogP contribution >= 0.6 is 0 Å². The third kappa shape index (κ3) is 5.42. The van der Waals surface area contributed by atoms with E-state index >= 15 is 0 Å². The Labute approximate surface area is 169 Å². The highest BCUT2D eigenvalue weighted by molar-refractivity contribution is 7.92. The van der Waals surface area contributed by atoms with Crippen LogP contribution in [0.3, 0.4) is 0 Å². The normalized spacial score (nSPS) is 11.1. The minimum atomic E-state index is -3.91. The van der Waals surface area contributed by atoms with Crippen LogP contribution in [0.5, 0.6) is 0 Å². The van der Waals surface area contributed by atoms with E-state index in [0.717, 1.165) is 23.3 Å². The number of anilines is 1. The third-order valence-electron chi connectivity index (χ3n) is 4.34. The quantitative estimate of drug-likeness (QED) is 0.618. The van der Waals surface area contributed by atoms with Crippen LogP contribution < -0.4 is 10.0 Å². The first kappa shape index (κ1) is 20.5. The van der Waals surface area contributed by atoms with Crippen molar-refractivity contribution in [1.29, 1.82) is 0 Å². The van der Waals surface area contributed by atoms with Gasteiger partial charge in [0.1, 0.15) is 5.82 Å². The number of aryl methyl sites for hydroxylation is 1. The van der Waals surface area contributed by atoms with E-state index in [0.29, 0.717) is 13.0 Å². The van der Waals surface area contributed by atoms with Gasteiger partial charge in [-0.15, -0.1) is 0 Å². The summed E-state index contributed by atoms with van der Waals surface area (Å²) in [6.07, 6.45) is 0.603. The van der Waals surface area contributed by atoms with Crippen molar-refractivity contribution >= 4 is 21.6 Å². The summed E-state index contributed by atoms with van der Waals surface area (Å²) in [6.45, 7) is 2.19.